The summed E-state index contributed by atoms with van der Waals surface area (Å²) in [5, 5.41) is 0. The van der Waals surface area contributed by atoms with Gasteiger partial charge < -0.3 is 9.47 Å². The monoisotopic (exact) mass is 310 g/mol. The summed E-state index contributed by atoms with van der Waals surface area (Å²) in [4.78, 5) is 22.9. The van der Waals surface area contributed by atoms with Gasteiger partial charge in [0, 0.05) is 5.56 Å². The number of hydrogen-bond acceptors (Lipinski definition) is 4. The summed E-state index contributed by atoms with van der Waals surface area (Å²) in [6.07, 6.45) is 1.80. The van der Waals surface area contributed by atoms with Gasteiger partial charge in [0.1, 0.15) is 19.0 Å². The summed E-state index contributed by atoms with van der Waals surface area (Å²) in [6.45, 7) is 0.894. The van der Waals surface area contributed by atoms with E-state index in [4.69, 9.17) is 4.74 Å². The first-order valence-electron chi connectivity index (χ1n) is 7.65. The van der Waals surface area contributed by atoms with Gasteiger partial charge in [0.15, 0.2) is 5.78 Å². The number of benzene rings is 2. The number of rotatable bonds is 8. The van der Waals surface area contributed by atoms with Crippen molar-refractivity contribution in [3.05, 3.63) is 65.7 Å². The van der Waals surface area contributed by atoms with Gasteiger partial charge in [-0.1, -0.05) is 30.3 Å². The van der Waals surface area contributed by atoms with Crippen molar-refractivity contribution in [3.63, 3.8) is 0 Å². The first-order chi connectivity index (χ1) is 11.3. The first-order valence-corrected chi connectivity index (χ1v) is 7.65. The highest BCUT2D eigenvalue weighted by atomic mass is 16.5. The van der Waals surface area contributed by atoms with Crippen LogP contribution in [0.3, 0.4) is 0 Å². The van der Waals surface area contributed by atoms with Crippen LogP contribution in [0.15, 0.2) is 54.6 Å². The van der Waals surface area contributed by atoms with Crippen molar-refractivity contribution in [2.75, 3.05) is 13.2 Å². The van der Waals surface area contributed by atoms with E-state index >= 15 is 0 Å². The van der Waals surface area contributed by atoms with E-state index in [2.05, 4.69) is 4.74 Å². The Labute approximate surface area is 135 Å². The molecule has 1 saturated carbocycles. The van der Waals surface area contributed by atoms with E-state index in [0.29, 0.717) is 24.4 Å². The molecular weight excluding hydrogens is 292 g/mol. The predicted molar refractivity (Wildman–Crippen MR) is 85.6 cm³/mol. The predicted octanol–water partition coefficient (Wildman–Crippen LogP) is 3.15. The molecule has 4 heteroatoms. The molecule has 1 aliphatic carbocycles. The fourth-order valence-corrected chi connectivity index (χ4v) is 2.76. The van der Waals surface area contributed by atoms with Gasteiger partial charge in [0.05, 0.1) is 5.41 Å². The van der Waals surface area contributed by atoms with Gasteiger partial charge in [0.2, 0.25) is 0 Å². The van der Waals surface area contributed by atoms with Crippen LogP contribution in [0.2, 0.25) is 0 Å². The second-order valence-corrected chi connectivity index (χ2v) is 5.62. The van der Waals surface area contributed by atoms with Crippen LogP contribution in [0.25, 0.3) is 0 Å². The molecule has 0 unspecified atom stereocenters. The maximum absolute atomic E-state index is 12.8. The largest absolute Gasteiger partial charge is 0.490 e. The molecule has 118 valence electrons. The Kier molecular flexibility index (Phi) is 4.42. The van der Waals surface area contributed by atoms with Gasteiger partial charge in [-0.25, -0.2) is 0 Å². The number of carbonyl (C=O) groups excluding carboxylic acids is 2. The molecule has 23 heavy (non-hydrogen) atoms. The first kappa shape index (κ1) is 15.3. The Morgan fingerprint density at radius 2 is 1.70 bits per heavy atom. The van der Waals surface area contributed by atoms with E-state index in [0.717, 1.165) is 18.4 Å². The maximum atomic E-state index is 12.8. The van der Waals surface area contributed by atoms with Gasteiger partial charge in [-0.3, -0.25) is 9.59 Å². The molecule has 2 aromatic rings. The zero-order valence-electron chi connectivity index (χ0n) is 12.7. The zero-order valence-corrected chi connectivity index (χ0v) is 12.7. The molecular formula is C19H18O4. The maximum Gasteiger partial charge on any atom is 0.293 e. The van der Waals surface area contributed by atoms with Crippen LogP contribution in [0, 0.1) is 0 Å². The molecule has 0 amide bonds. The molecule has 0 N–H and O–H groups in total. The summed E-state index contributed by atoms with van der Waals surface area (Å²) in [5.74, 6) is 0.820. The minimum Gasteiger partial charge on any atom is -0.490 e. The topological polar surface area (TPSA) is 52.6 Å². The molecule has 0 heterocycles. The Balaban J connectivity index is 1.68. The Bertz CT molecular complexity index is 672. The van der Waals surface area contributed by atoms with E-state index < -0.39 is 0 Å². The Morgan fingerprint density at radius 3 is 2.30 bits per heavy atom. The number of ketones is 1. The van der Waals surface area contributed by atoms with E-state index in [1.165, 1.54) is 0 Å². The van der Waals surface area contributed by atoms with Gasteiger partial charge in [-0.15, -0.1) is 0 Å². The molecule has 4 nitrogen and oxygen atoms in total. The highest BCUT2D eigenvalue weighted by Crippen LogP contribution is 2.50. The van der Waals surface area contributed by atoms with Crippen molar-refractivity contribution in [2.45, 2.75) is 18.3 Å². The summed E-state index contributed by atoms with van der Waals surface area (Å²) < 4.78 is 9.99. The minimum absolute atomic E-state index is 0.166. The lowest BCUT2D eigenvalue weighted by Crippen LogP contribution is -2.20. The molecule has 0 atom stereocenters. The van der Waals surface area contributed by atoms with E-state index in [-0.39, 0.29) is 17.8 Å². The minimum atomic E-state index is -0.346. The van der Waals surface area contributed by atoms with Crippen LogP contribution >= 0.6 is 0 Å². The van der Waals surface area contributed by atoms with E-state index in [1.54, 1.807) is 24.3 Å². The van der Waals surface area contributed by atoms with Gasteiger partial charge in [-0.2, -0.15) is 0 Å². The zero-order chi connectivity index (χ0) is 16.1. The number of carbonyl (C=O) groups is 2. The van der Waals surface area contributed by atoms with Gasteiger partial charge >= 0.3 is 0 Å². The van der Waals surface area contributed by atoms with Gasteiger partial charge in [-0.05, 0) is 42.7 Å². The van der Waals surface area contributed by atoms with Gasteiger partial charge in [0.25, 0.3) is 6.47 Å². The van der Waals surface area contributed by atoms with Crippen molar-refractivity contribution in [1.82, 2.24) is 0 Å². The lowest BCUT2D eigenvalue weighted by atomic mass is 9.87. The highest BCUT2D eigenvalue weighted by molar-refractivity contribution is 6.06. The van der Waals surface area contributed by atoms with Crippen LogP contribution in [0.4, 0.5) is 0 Å². The summed E-state index contributed by atoms with van der Waals surface area (Å²) in [5.41, 5.74) is 1.45. The lowest BCUT2D eigenvalue weighted by Gasteiger charge is -2.15. The fourth-order valence-electron chi connectivity index (χ4n) is 2.76. The molecule has 0 aliphatic heterocycles. The smallest absolute Gasteiger partial charge is 0.293 e. The van der Waals surface area contributed by atoms with Crippen molar-refractivity contribution < 1.29 is 19.1 Å². The quantitative estimate of drug-likeness (QED) is 0.427. The standard InChI is InChI=1S/C19H18O4/c20-14-22-12-13-23-17-8-6-15(7-9-17)18(21)19(10-11-19)16-4-2-1-3-5-16/h1-9,14H,10-13H2. The number of Topliss-reactive ketones (excluding diaryl/α,β-unsaturated/α-hetero) is 1. The third-order valence-electron chi connectivity index (χ3n) is 4.17. The SMILES string of the molecule is O=COCCOc1ccc(C(=O)C2(c3ccccc3)CC2)cc1. The normalized spacial score (nSPS) is 14.8. The van der Waals surface area contributed by atoms with Crippen molar-refractivity contribution in [3.8, 4) is 5.75 Å². The summed E-state index contributed by atoms with van der Waals surface area (Å²) in [7, 11) is 0. The average Bonchev–Trinajstić information content (AvgIpc) is 3.41. The number of hydrogen-bond donors (Lipinski definition) is 0. The van der Waals surface area contributed by atoms with E-state index in [9.17, 15) is 9.59 Å². The Morgan fingerprint density at radius 1 is 1.00 bits per heavy atom. The second-order valence-electron chi connectivity index (χ2n) is 5.62. The molecule has 0 bridgehead atoms. The lowest BCUT2D eigenvalue weighted by molar-refractivity contribution is -0.129. The van der Waals surface area contributed by atoms with Crippen molar-refractivity contribution in [1.29, 1.82) is 0 Å². The fraction of sp³-hybridized carbons (Fsp3) is 0.263. The van der Waals surface area contributed by atoms with Crippen molar-refractivity contribution >= 4 is 12.3 Å². The Hall–Kier alpha value is -2.62. The molecule has 1 fully saturated rings. The number of ether oxygens (including phenoxy) is 2. The summed E-state index contributed by atoms with van der Waals surface area (Å²) in [6, 6.07) is 17.1. The molecule has 1 aliphatic rings. The van der Waals surface area contributed by atoms with Crippen LogP contribution in [0.5, 0.6) is 5.75 Å². The highest BCUT2D eigenvalue weighted by Gasteiger charge is 2.50. The molecule has 0 spiro atoms. The van der Waals surface area contributed by atoms with Crippen LogP contribution in [0.1, 0.15) is 28.8 Å². The van der Waals surface area contributed by atoms with Crippen molar-refractivity contribution in [2.24, 2.45) is 0 Å². The molecule has 3 rings (SSSR count). The van der Waals surface area contributed by atoms with Crippen LogP contribution < -0.4 is 4.74 Å². The third kappa shape index (κ3) is 3.26. The molecule has 0 radical (unpaired) electrons. The molecule has 2 aromatic carbocycles. The average molecular weight is 310 g/mol. The molecule has 0 saturated heterocycles. The van der Waals surface area contributed by atoms with Crippen LogP contribution in [-0.4, -0.2) is 25.5 Å². The van der Waals surface area contributed by atoms with E-state index in [1.807, 2.05) is 30.3 Å². The molecule has 0 aromatic heterocycles. The third-order valence-corrected chi connectivity index (χ3v) is 4.17. The summed E-state index contributed by atoms with van der Waals surface area (Å²) >= 11 is 0. The van der Waals surface area contributed by atoms with Crippen LogP contribution in [-0.2, 0) is 14.9 Å². The second kappa shape index (κ2) is 6.65.